The van der Waals surface area contributed by atoms with Gasteiger partial charge in [-0.3, -0.25) is 4.79 Å². The number of aliphatic hydroxyl groups excluding tert-OH is 1. The molecule has 0 unspecified atom stereocenters. The molecule has 2 fully saturated rings. The van der Waals surface area contributed by atoms with Crippen molar-refractivity contribution in [2.24, 2.45) is 11.3 Å². The molecule has 0 bridgehead atoms. The molecule has 0 aromatic carbocycles. The summed E-state index contributed by atoms with van der Waals surface area (Å²) in [6, 6.07) is -0.175. The second kappa shape index (κ2) is 9.93. The first-order chi connectivity index (χ1) is 16.2. The molecule has 10 heteroatoms. The molecule has 0 radical (unpaired) electrons. The summed E-state index contributed by atoms with van der Waals surface area (Å²) in [7, 11) is 1.66. The third-order valence-electron chi connectivity index (χ3n) is 7.38. The number of aliphatic hydroxyl groups is 1. The molecule has 0 saturated carbocycles. The molecule has 188 valence electrons. The number of nitrogens with zero attached hydrogens (tertiary/aromatic N) is 4. The number of amides is 2. The molecule has 1 aromatic heterocycles. The highest BCUT2D eigenvalue weighted by atomic mass is 16.4. The Balaban J connectivity index is 1.62. The van der Waals surface area contributed by atoms with Crippen LogP contribution in [0.15, 0.2) is 0 Å². The molecule has 34 heavy (non-hydrogen) atoms. The summed E-state index contributed by atoms with van der Waals surface area (Å²) < 4.78 is 0. The van der Waals surface area contributed by atoms with E-state index in [0.717, 1.165) is 55.6 Å². The molecule has 2 aliphatic heterocycles. The quantitative estimate of drug-likeness (QED) is 0.449. The van der Waals surface area contributed by atoms with Gasteiger partial charge in [-0.15, -0.1) is 0 Å². The average molecular weight is 475 g/mol. The van der Waals surface area contributed by atoms with Gasteiger partial charge in [0, 0.05) is 50.1 Å². The Morgan fingerprint density at radius 3 is 2.56 bits per heavy atom. The van der Waals surface area contributed by atoms with Gasteiger partial charge < -0.3 is 30.6 Å². The van der Waals surface area contributed by atoms with Crippen LogP contribution in [0.4, 0.5) is 16.6 Å². The van der Waals surface area contributed by atoms with E-state index >= 15 is 0 Å². The van der Waals surface area contributed by atoms with Gasteiger partial charge in [-0.1, -0.05) is 13.8 Å². The molecule has 4 N–H and O–H groups in total. The molecular weight excluding hydrogens is 436 g/mol. The van der Waals surface area contributed by atoms with Crippen molar-refractivity contribution in [1.82, 2.24) is 20.2 Å². The Morgan fingerprint density at radius 1 is 1.18 bits per heavy atom. The molecule has 3 aliphatic rings. The first kappa shape index (κ1) is 24.5. The molecule has 2 atom stereocenters. The Bertz CT molecular complexity index is 917. The van der Waals surface area contributed by atoms with Gasteiger partial charge in [0.1, 0.15) is 5.82 Å². The molecule has 1 aromatic rings. The van der Waals surface area contributed by atoms with Gasteiger partial charge in [0.25, 0.3) is 0 Å². The number of carbonyl (C=O) groups is 2. The Labute approximate surface area is 201 Å². The van der Waals surface area contributed by atoms with Crippen molar-refractivity contribution in [3.63, 3.8) is 0 Å². The minimum atomic E-state index is -0.895. The molecule has 10 nitrogen and oxygen atoms in total. The molecule has 3 heterocycles. The molecule has 4 rings (SSSR count). The van der Waals surface area contributed by atoms with E-state index in [1.165, 1.54) is 4.90 Å². The van der Waals surface area contributed by atoms with Crippen molar-refractivity contribution in [2.45, 2.75) is 70.9 Å². The fourth-order valence-electron chi connectivity index (χ4n) is 5.80. The maximum Gasteiger partial charge on any atom is 0.407 e. The van der Waals surface area contributed by atoms with E-state index in [-0.39, 0.29) is 30.0 Å². The maximum absolute atomic E-state index is 12.2. The van der Waals surface area contributed by atoms with Gasteiger partial charge >= 0.3 is 6.09 Å². The fourth-order valence-corrected chi connectivity index (χ4v) is 5.80. The second-order valence-electron chi connectivity index (χ2n) is 10.7. The summed E-state index contributed by atoms with van der Waals surface area (Å²) in [6.45, 7) is 5.86. The Morgan fingerprint density at radius 2 is 1.91 bits per heavy atom. The monoisotopic (exact) mass is 474 g/mol. The Hall–Kier alpha value is -2.62. The van der Waals surface area contributed by atoms with Crippen LogP contribution in [0.2, 0.25) is 0 Å². The van der Waals surface area contributed by atoms with Gasteiger partial charge in [0.2, 0.25) is 11.9 Å². The van der Waals surface area contributed by atoms with Crippen LogP contribution < -0.4 is 15.5 Å². The summed E-state index contributed by atoms with van der Waals surface area (Å²) in [4.78, 5) is 36.8. The zero-order chi connectivity index (χ0) is 24.5. The van der Waals surface area contributed by atoms with E-state index in [9.17, 15) is 19.8 Å². The number of nitrogens with one attached hydrogen (secondary N) is 2. The van der Waals surface area contributed by atoms with Crippen LogP contribution in [0.3, 0.4) is 0 Å². The number of fused-ring (bicyclic) bond motifs is 1. The fraction of sp³-hybridized carbons (Fsp3) is 0.750. The second-order valence-corrected chi connectivity index (χ2v) is 10.7. The number of rotatable bonds is 8. The predicted molar refractivity (Wildman–Crippen MR) is 129 cm³/mol. The van der Waals surface area contributed by atoms with Crippen LogP contribution in [0.1, 0.15) is 57.2 Å². The lowest BCUT2D eigenvalue weighted by molar-refractivity contribution is -0.120. The number of hydrogen-bond acceptors (Lipinski definition) is 7. The van der Waals surface area contributed by atoms with Crippen LogP contribution >= 0.6 is 0 Å². The standard InChI is InChI=1S/C24H38N6O4/c1-15(2)8-16(9-20(32)25-3)26-21-18-6-4-5-7-19(18)27-22(28-21)30-14-24(10-17(30)11-31)12-29(13-24)23(33)34/h15-17,31H,4-14H2,1-3H3,(H,25,32)(H,33,34)(H,26,27,28)/t16-,17+/m0/s1. The van der Waals surface area contributed by atoms with E-state index in [4.69, 9.17) is 9.97 Å². The summed E-state index contributed by atoms with van der Waals surface area (Å²) in [5.74, 6) is 1.81. The highest BCUT2D eigenvalue weighted by Crippen LogP contribution is 2.44. The third-order valence-corrected chi connectivity index (χ3v) is 7.38. The Kier molecular flexibility index (Phi) is 7.16. The number of aromatic nitrogens is 2. The zero-order valence-corrected chi connectivity index (χ0v) is 20.5. The van der Waals surface area contributed by atoms with Gasteiger partial charge in [-0.05, 0) is 44.4 Å². The van der Waals surface area contributed by atoms with E-state index in [2.05, 4.69) is 29.4 Å². The van der Waals surface area contributed by atoms with Gasteiger partial charge in [-0.25, -0.2) is 9.78 Å². The molecule has 2 saturated heterocycles. The van der Waals surface area contributed by atoms with Crippen molar-refractivity contribution in [2.75, 3.05) is 43.5 Å². The van der Waals surface area contributed by atoms with Crippen LogP contribution in [0, 0.1) is 11.3 Å². The highest BCUT2D eigenvalue weighted by Gasteiger charge is 2.53. The number of carbonyl (C=O) groups excluding carboxylic acids is 1. The van der Waals surface area contributed by atoms with Gasteiger partial charge in [0.05, 0.1) is 18.3 Å². The maximum atomic E-state index is 12.2. The highest BCUT2D eigenvalue weighted by molar-refractivity contribution is 5.76. The molecular formula is C24H38N6O4. The predicted octanol–water partition coefficient (Wildman–Crippen LogP) is 1.87. The third kappa shape index (κ3) is 5.06. The topological polar surface area (TPSA) is 131 Å². The van der Waals surface area contributed by atoms with Gasteiger partial charge in [-0.2, -0.15) is 4.98 Å². The SMILES string of the molecule is CNC(=O)C[C@H](CC(C)C)Nc1nc(N2CC3(C[C@@H]2CO)CN(C(=O)O)C3)nc2c1CCCC2. The molecule has 2 amide bonds. The van der Waals surface area contributed by atoms with Crippen molar-refractivity contribution >= 4 is 23.8 Å². The number of aryl methyl sites for hydroxylation is 1. The number of likely N-dealkylation sites (tertiary alicyclic amines) is 1. The minimum absolute atomic E-state index is 0.00362. The minimum Gasteiger partial charge on any atom is -0.465 e. The average Bonchev–Trinajstić information content (AvgIpc) is 3.18. The number of hydrogen-bond donors (Lipinski definition) is 4. The lowest BCUT2D eigenvalue weighted by Crippen LogP contribution is -2.59. The molecule has 1 aliphatic carbocycles. The van der Waals surface area contributed by atoms with Crippen molar-refractivity contribution in [3.05, 3.63) is 11.3 Å². The van der Waals surface area contributed by atoms with E-state index in [1.807, 2.05) is 0 Å². The van der Waals surface area contributed by atoms with Gasteiger partial charge in [0.15, 0.2) is 0 Å². The number of carboxylic acid groups (broad SMARTS) is 1. The number of anilines is 2. The normalized spacial score (nSPS) is 21.9. The van der Waals surface area contributed by atoms with Crippen LogP contribution in [-0.2, 0) is 17.6 Å². The summed E-state index contributed by atoms with van der Waals surface area (Å²) in [5, 5.41) is 25.7. The van der Waals surface area contributed by atoms with E-state index in [1.54, 1.807) is 7.05 Å². The first-order valence-corrected chi connectivity index (χ1v) is 12.5. The molecule has 1 spiro atoms. The summed E-state index contributed by atoms with van der Waals surface area (Å²) in [6.07, 6.45) is 5.02. The van der Waals surface area contributed by atoms with Crippen LogP contribution in [0.5, 0.6) is 0 Å². The lowest BCUT2D eigenvalue weighted by atomic mass is 9.78. The van der Waals surface area contributed by atoms with Crippen LogP contribution in [-0.4, -0.2) is 82.5 Å². The van der Waals surface area contributed by atoms with E-state index in [0.29, 0.717) is 37.9 Å². The van der Waals surface area contributed by atoms with E-state index < -0.39 is 6.09 Å². The van der Waals surface area contributed by atoms with Crippen LogP contribution in [0.25, 0.3) is 0 Å². The lowest BCUT2D eigenvalue weighted by Gasteiger charge is -2.46. The van der Waals surface area contributed by atoms with Crippen molar-refractivity contribution < 1.29 is 19.8 Å². The van der Waals surface area contributed by atoms with Crippen molar-refractivity contribution in [3.8, 4) is 0 Å². The summed E-state index contributed by atoms with van der Waals surface area (Å²) in [5.41, 5.74) is 2.02. The smallest absolute Gasteiger partial charge is 0.407 e. The van der Waals surface area contributed by atoms with Crippen molar-refractivity contribution in [1.29, 1.82) is 0 Å². The summed E-state index contributed by atoms with van der Waals surface area (Å²) >= 11 is 0. The zero-order valence-electron chi connectivity index (χ0n) is 20.5. The first-order valence-electron chi connectivity index (χ1n) is 12.5. The largest absolute Gasteiger partial charge is 0.465 e.